The summed E-state index contributed by atoms with van der Waals surface area (Å²) in [7, 11) is -6.91. The number of carbonyl (C=O) groups excluding carboxylic acids is 1. The number of rotatable bonds is 10. The third-order valence-electron chi connectivity index (χ3n) is 5.41. The molecule has 0 radical (unpaired) electrons. The second-order valence-electron chi connectivity index (χ2n) is 7.49. The number of primary amides is 1. The number of nitrogens with zero attached hydrogens (tertiary/aromatic N) is 2. The Kier molecular flexibility index (Phi) is 8.21. The standard InChI is InChI=1S/C19H31N3O5S2/c1-3-16(2)17-4-6-18(7-5-17)29(26,27)22-11-9-21(10-12-22)13-15-28(24,25)14-8-19(20)23/h4-7,16H,3,8-15H2,1-2H3,(H2,20,23)/t16-/m1/s1. The van der Waals surface area contributed by atoms with E-state index in [1.165, 1.54) is 4.31 Å². The number of sulfonamides is 1. The summed E-state index contributed by atoms with van der Waals surface area (Å²) in [6.45, 7) is 6.09. The zero-order valence-electron chi connectivity index (χ0n) is 17.1. The van der Waals surface area contributed by atoms with E-state index in [9.17, 15) is 21.6 Å². The molecule has 0 bridgehead atoms. The van der Waals surface area contributed by atoms with Gasteiger partial charge in [0.05, 0.1) is 16.4 Å². The van der Waals surface area contributed by atoms with Gasteiger partial charge < -0.3 is 5.73 Å². The molecule has 0 aliphatic carbocycles. The van der Waals surface area contributed by atoms with E-state index < -0.39 is 25.8 Å². The van der Waals surface area contributed by atoms with Gasteiger partial charge in [-0.05, 0) is 30.0 Å². The molecule has 1 aliphatic rings. The van der Waals surface area contributed by atoms with Gasteiger partial charge in [0, 0.05) is 39.1 Å². The molecule has 2 rings (SSSR count). The van der Waals surface area contributed by atoms with Crippen molar-refractivity contribution in [3.8, 4) is 0 Å². The van der Waals surface area contributed by atoms with E-state index in [2.05, 4.69) is 13.8 Å². The normalized spacial score (nSPS) is 17.9. The van der Waals surface area contributed by atoms with E-state index in [4.69, 9.17) is 5.73 Å². The van der Waals surface area contributed by atoms with E-state index in [0.29, 0.717) is 38.6 Å². The van der Waals surface area contributed by atoms with Crippen LogP contribution in [0.25, 0.3) is 0 Å². The molecule has 0 spiro atoms. The summed E-state index contributed by atoms with van der Waals surface area (Å²) in [5, 5.41) is 0. The molecule has 1 atom stereocenters. The van der Waals surface area contributed by atoms with Gasteiger partial charge in [0.25, 0.3) is 0 Å². The first-order chi connectivity index (χ1) is 13.5. The predicted octanol–water partition coefficient (Wildman–Crippen LogP) is 0.797. The van der Waals surface area contributed by atoms with Crippen molar-refractivity contribution in [1.29, 1.82) is 0 Å². The van der Waals surface area contributed by atoms with Crippen LogP contribution in [0.5, 0.6) is 0 Å². The van der Waals surface area contributed by atoms with Gasteiger partial charge in [0.1, 0.15) is 0 Å². The van der Waals surface area contributed by atoms with Gasteiger partial charge in [-0.15, -0.1) is 0 Å². The number of amides is 1. The van der Waals surface area contributed by atoms with E-state index in [-0.39, 0.29) is 22.8 Å². The van der Waals surface area contributed by atoms with Crippen molar-refractivity contribution in [3.05, 3.63) is 29.8 Å². The summed E-state index contributed by atoms with van der Waals surface area (Å²) in [6.07, 6.45) is 0.816. The lowest BCUT2D eigenvalue weighted by Crippen LogP contribution is -2.49. The number of carbonyl (C=O) groups is 1. The van der Waals surface area contributed by atoms with Crippen LogP contribution in [0.4, 0.5) is 0 Å². The molecule has 164 valence electrons. The van der Waals surface area contributed by atoms with Crippen molar-refractivity contribution < 1.29 is 21.6 Å². The van der Waals surface area contributed by atoms with Crippen molar-refractivity contribution in [3.63, 3.8) is 0 Å². The van der Waals surface area contributed by atoms with Crippen LogP contribution >= 0.6 is 0 Å². The summed E-state index contributed by atoms with van der Waals surface area (Å²) >= 11 is 0. The van der Waals surface area contributed by atoms with Gasteiger partial charge >= 0.3 is 0 Å². The minimum absolute atomic E-state index is 0.0654. The summed E-state index contributed by atoms with van der Waals surface area (Å²) in [6, 6.07) is 7.06. The van der Waals surface area contributed by atoms with Crippen LogP contribution in [0, 0.1) is 0 Å². The highest BCUT2D eigenvalue weighted by Crippen LogP contribution is 2.23. The zero-order valence-corrected chi connectivity index (χ0v) is 18.7. The van der Waals surface area contributed by atoms with Crippen LogP contribution in [-0.4, -0.2) is 76.2 Å². The summed E-state index contributed by atoms with van der Waals surface area (Å²) in [4.78, 5) is 13.0. The number of piperazine rings is 1. The Balaban J connectivity index is 1.90. The number of benzene rings is 1. The van der Waals surface area contributed by atoms with Crippen molar-refractivity contribution >= 4 is 25.8 Å². The third-order valence-corrected chi connectivity index (χ3v) is 8.95. The predicted molar refractivity (Wildman–Crippen MR) is 113 cm³/mol. The molecule has 1 saturated heterocycles. The lowest BCUT2D eigenvalue weighted by molar-refractivity contribution is -0.117. The topological polar surface area (TPSA) is 118 Å². The van der Waals surface area contributed by atoms with Crippen molar-refractivity contribution in [2.45, 2.75) is 37.5 Å². The van der Waals surface area contributed by atoms with Crippen LogP contribution in [0.3, 0.4) is 0 Å². The molecule has 10 heteroatoms. The van der Waals surface area contributed by atoms with Gasteiger partial charge in [-0.1, -0.05) is 26.0 Å². The van der Waals surface area contributed by atoms with E-state index >= 15 is 0 Å². The average Bonchev–Trinajstić information content (AvgIpc) is 2.71. The van der Waals surface area contributed by atoms with Gasteiger partial charge in [-0.2, -0.15) is 4.31 Å². The fraction of sp³-hybridized carbons (Fsp3) is 0.632. The van der Waals surface area contributed by atoms with Crippen molar-refractivity contribution in [1.82, 2.24) is 9.21 Å². The highest BCUT2D eigenvalue weighted by atomic mass is 32.2. The fourth-order valence-electron chi connectivity index (χ4n) is 3.17. The molecule has 1 heterocycles. The second kappa shape index (κ2) is 10.0. The number of hydrogen-bond donors (Lipinski definition) is 1. The Morgan fingerprint density at radius 3 is 2.14 bits per heavy atom. The van der Waals surface area contributed by atoms with Gasteiger partial charge in [0.15, 0.2) is 9.84 Å². The number of hydrogen-bond acceptors (Lipinski definition) is 6. The zero-order chi connectivity index (χ0) is 21.7. The van der Waals surface area contributed by atoms with Crippen LogP contribution in [0.1, 0.15) is 38.2 Å². The van der Waals surface area contributed by atoms with E-state index in [1.54, 1.807) is 12.1 Å². The Hall–Kier alpha value is -1.49. The van der Waals surface area contributed by atoms with Crippen molar-refractivity contribution in [2.75, 3.05) is 44.2 Å². The highest BCUT2D eigenvalue weighted by Gasteiger charge is 2.29. The maximum Gasteiger partial charge on any atom is 0.243 e. The van der Waals surface area contributed by atoms with Gasteiger partial charge in [-0.3, -0.25) is 9.69 Å². The molecular weight excluding hydrogens is 414 g/mol. The maximum absolute atomic E-state index is 12.9. The van der Waals surface area contributed by atoms with Gasteiger partial charge in [-0.25, -0.2) is 16.8 Å². The molecule has 0 aromatic heterocycles. The molecule has 0 saturated carbocycles. The minimum Gasteiger partial charge on any atom is -0.370 e. The lowest BCUT2D eigenvalue weighted by atomic mass is 9.99. The smallest absolute Gasteiger partial charge is 0.243 e. The molecule has 0 unspecified atom stereocenters. The Bertz CT molecular complexity index is 890. The third kappa shape index (κ3) is 6.77. The summed E-state index contributed by atoms with van der Waals surface area (Å²) in [5.74, 6) is -0.563. The molecule has 1 fully saturated rings. The van der Waals surface area contributed by atoms with Crippen LogP contribution in [0.15, 0.2) is 29.2 Å². The van der Waals surface area contributed by atoms with Crippen LogP contribution in [-0.2, 0) is 24.7 Å². The Morgan fingerprint density at radius 1 is 1.03 bits per heavy atom. The number of nitrogens with two attached hydrogens (primary N) is 1. The first kappa shape index (κ1) is 23.8. The highest BCUT2D eigenvalue weighted by molar-refractivity contribution is 7.91. The van der Waals surface area contributed by atoms with E-state index in [1.807, 2.05) is 17.0 Å². The monoisotopic (exact) mass is 445 g/mol. The summed E-state index contributed by atoms with van der Waals surface area (Å²) < 4.78 is 51.1. The first-order valence-electron chi connectivity index (χ1n) is 9.86. The Labute approximate surface area is 174 Å². The average molecular weight is 446 g/mol. The second-order valence-corrected chi connectivity index (χ2v) is 11.7. The van der Waals surface area contributed by atoms with Crippen LogP contribution in [0.2, 0.25) is 0 Å². The molecule has 29 heavy (non-hydrogen) atoms. The summed E-state index contributed by atoms with van der Waals surface area (Å²) in [5.41, 5.74) is 6.12. The van der Waals surface area contributed by atoms with E-state index in [0.717, 1.165) is 12.0 Å². The largest absolute Gasteiger partial charge is 0.370 e. The minimum atomic E-state index is -3.56. The Morgan fingerprint density at radius 2 is 1.62 bits per heavy atom. The maximum atomic E-state index is 12.9. The van der Waals surface area contributed by atoms with Crippen molar-refractivity contribution in [2.24, 2.45) is 5.73 Å². The van der Waals surface area contributed by atoms with Crippen LogP contribution < -0.4 is 5.73 Å². The van der Waals surface area contributed by atoms with Gasteiger partial charge in [0.2, 0.25) is 15.9 Å². The molecular formula is C19H31N3O5S2. The molecule has 1 aliphatic heterocycles. The lowest BCUT2D eigenvalue weighted by Gasteiger charge is -2.33. The molecule has 1 amide bonds. The SMILES string of the molecule is CC[C@@H](C)c1ccc(S(=O)(=O)N2CCN(CCS(=O)(=O)CCC(N)=O)CC2)cc1. The molecule has 1 aromatic rings. The molecule has 2 N–H and O–H groups in total. The number of sulfone groups is 1. The first-order valence-corrected chi connectivity index (χ1v) is 13.1. The quantitative estimate of drug-likeness (QED) is 0.569. The molecule has 1 aromatic carbocycles. The fourth-order valence-corrected chi connectivity index (χ4v) is 5.85. The molecule has 8 nitrogen and oxygen atoms in total.